The molecule has 1 saturated heterocycles. The number of amides is 2. The second-order valence-electron chi connectivity index (χ2n) is 4.13. The Balaban J connectivity index is 1.96. The van der Waals surface area contributed by atoms with E-state index in [1.165, 1.54) is 12.8 Å². The molecule has 0 aliphatic carbocycles. The van der Waals surface area contributed by atoms with Crippen molar-refractivity contribution < 1.29 is 9.53 Å². The fraction of sp³-hybridized carbons (Fsp3) is 0.909. The number of piperidine rings is 1. The van der Waals surface area contributed by atoms with Gasteiger partial charge in [0.1, 0.15) is 0 Å². The van der Waals surface area contributed by atoms with Crippen LogP contribution < -0.4 is 16.0 Å². The number of hydrogen-bond acceptors (Lipinski definition) is 3. The Kier molecular flexibility index (Phi) is 6.92. The van der Waals surface area contributed by atoms with Crippen LogP contribution in [0, 0.1) is 0 Å². The highest BCUT2D eigenvalue weighted by Gasteiger charge is 2.12. The van der Waals surface area contributed by atoms with E-state index in [2.05, 4.69) is 16.0 Å². The van der Waals surface area contributed by atoms with Crippen LogP contribution in [0.15, 0.2) is 0 Å². The van der Waals surface area contributed by atoms with Gasteiger partial charge in [0, 0.05) is 32.8 Å². The smallest absolute Gasteiger partial charge is 0.314 e. The quantitative estimate of drug-likeness (QED) is 0.580. The Labute approximate surface area is 97.3 Å². The van der Waals surface area contributed by atoms with Gasteiger partial charge in [0.25, 0.3) is 0 Å². The minimum Gasteiger partial charge on any atom is -0.385 e. The van der Waals surface area contributed by atoms with Gasteiger partial charge in [-0.05, 0) is 25.8 Å². The predicted molar refractivity (Wildman–Crippen MR) is 63.5 cm³/mol. The van der Waals surface area contributed by atoms with Crippen molar-refractivity contribution in [1.82, 2.24) is 16.0 Å². The molecule has 1 fully saturated rings. The molecule has 0 aromatic rings. The first kappa shape index (κ1) is 13.3. The lowest BCUT2D eigenvalue weighted by atomic mass is 10.1. The largest absolute Gasteiger partial charge is 0.385 e. The zero-order valence-corrected chi connectivity index (χ0v) is 10.1. The number of carbonyl (C=O) groups excluding carboxylic acids is 1. The van der Waals surface area contributed by atoms with Gasteiger partial charge in [-0.15, -0.1) is 0 Å². The number of urea groups is 1. The van der Waals surface area contributed by atoms with Gasteiger partial charge in [-0.3, -0.25) is 0 Å². The zero-order chi connectivity index (χ0) is 11.6. The van der Waals surface area contributed by atoms with Crippen LogP contribution in [0.4, 0.5) is 4.79 Å². The third-order valence-corrected chi connectivity index (χ3v) is 2.73. The lowest BCUT2D eigenvalue weighted by molar-refractivity contribution is 0.193. The number of rotatable bonds is 6. The molecule has 1 aliphatic rings. The van der Waals surface area contributed by atoms with E-state index < -0.39 is 0 Å². The molecule has 0 aromatic carbocycles. The normalized spacial score (nSPS) is 20.4. The summed E-state index contributed by atoms with van der Waals surface area (Å²) in [6.07, 6.45) is 4.52. The monoisotopic (exact) mass is 229 g/mol. The molecule has 0 aromatic heterocycles. The van der Waals surface area contributed by atoms with Crippen molar-refractivity contribution in [1.29, 1.82) is 0 Å². The molecular formula is C11H23N3O2. The molecule has 1 heterocycles. The Bertz CT molecular complexity index is 194. The van der Waals surface area contributed by atoms with E-state index in [-0.39, 0.29) is 6.03 Å². The van der Waals surface area contributed by atoms with E-state index in [1.807, 2.05) is 0 Å². The molecule has 1 atom stereocenters. The third kappa shape index (κ3) is 5.92. The van der Waals surface area contributed by atoms with Crippen LogP contribution in [0.25, 0.3) is 0 Å². The van der Waals surface area contributed by atoms with Crippen LogP contribution >= 0.6 is 0 Å². The first-order chi connectivity index (χ1) is 7.83. The molecule has 0 saturated carbocycles. The highest BCUT2D eigenvalue weighted by atomic mass is 16.5. The summed E-state index contributed by atoms with van der Waals surface area (Å²) in [5.74, 6) is 0. The molecule has 2 amide bonds. The molecule has 5 nitrogen and oxygen atoms in total. The van der Waals surface area contributed by atoms with Crippen molar-refractivity contribution in [3.8, 4) is 0 Å². The van der Waals surface area contributed by atoms with Gasteiger partial charge in [0.05, 0.1) is 0 Å². The molecule has 0 bridgehead atoms. The standard InChI is InChI=1S/C11H23N3O2/c1-16-8-4-7-13-11(15)14-9-10-5-2-3-6-12-10/h10,12H,2-9H2,1H3,(H2,13,14,15). The summed E-state index contributed by atoms with van der Waals surface area (Å²) in [4.78, 5) is 11.4. The van der Waals surface area contributed by atoms with Gasteiger partial charge in [-0.2, -0.15) is 0 Å². The molecule has 16 heavy (non-hydrogen) atoms. The van der Waals surface area contributed by atoms with Gasteiger partial charge in [0.2, 0.25) is 0 Å². The number of methoxy groups -OCH3 is 1. The van der Waals surface area contributed by atoms with Gasteiger partial charge in [-0.25, -0.2) is 4.79 Å². The average molecular weight is 229 g/mol. The molecule has 1 unspecified atom stereocenters. The van der Waals surface area contributed by atoms with Crippen LogP contribution in [-0.4, -0.2) is 45.4 Å². The summed E-state index contributed by atoms with van der Waals surface area (Å²) < 4.78 is 4.90. The summed E-state index contributed by atoms with van der Waals surface area (Å²) in [5.41, 5.74) is 0. The van der Waals surface area contributed by atoms with Crippen molar-refractivity contribution in [2.45, 2.75) is 31.7 Å². The van der Waals surface area contributed by atoms with Crippen LogP contribution in [0.1, 0.15) is 25.7 Å². The van der Waals surface area contributed by atoms with E-state index in [9.17, 15) is 4.79 Å². The number of carbonyl (C=O) groups is 1. The zero-order valence-electron chi connectivity index (χ0n) is 10.1. The second-order valence-corrected chi connectivity index (χ2v) is 4.13. The maximum atomic E-state index is 11.4. The summed E-state index contributed by atoms with van der Waals surface area (Å²) >= 11 is 0. The molecule has 3 N–H and O–H groups in total. The first-order valence-corrected chi connectivity index (χ1v) is 6.07. The fourth-order valence-corrected chi connectivity index (χ4v) is 1.80. The number of ether oxygens (including phenoxy) is 1. The van der Waals surface area contributed by atoms with Crippen LogP contribution in [0.5, 0.6) is 0 Å². The van der Waals surface area contributed by atoms with E-state index in [0.717, 1.165) is 25.9 Å². The van der Waals surface area contributed by atoms with Gasteiger partial charge in [-0.1, -0.05) is 6.42 Å². The Morgan fingerprint density at radius 2 is 2.31 bits per heavy atom. The Hall–Kier alpha value is -0.810. The molecule has 0 radical (unpaired) electrons. The third-order valence-electron chi connectivity index (χ3n) is 2.73. The van der Waals surface area contributed by atoms with E-state index in [4.69, 9.17) is 4.74 Å². The SMILES string of the molecule is COCCCNC(=O)NCC1CCCCN1. The van der Waals surface area contributed by atoms with Crippen molar-refractivity contribution in [3.63, 3.8) is 0 Å². The average Bonchev–Trinajstić information content (AvgIpc) is 2.33. The summed E-state index contributed by atoms with van der Waals surface area (Å²) in [7, 11) is 1.66. The minimum absolute atomic E-state index is 0.0801. The topological polar surface area (TPSA) is 62.4 Å². The van der Waals surface area contributed by atoms with Crippen LogP contribution in [-0.2, 0) is 4.74 Å². The Morgan fingerprint density at radius 3 is 3.00 bits per heavy atom. The van der Waals surface area contributed by atoms with E-state index >= 15 is 0 Å². The molecule has 5 heteroatoms. The number of nitrogens with one attached hydrogen (secondary N) is 3. The maximum absolute atomic E-state index is 11.4. The predicted octanol–water partition coefficient (Wildman–Crippen LogP) is 0.464. The lowest BCUT2D eigenvalue weighted by Gasteiger charge is -2.23. The fourth-order valence-electron chi connectivity index (χ4n) is 1.80. The number of hydrogen-bond donors (Lipinski definition) is 3. The molecule has 0 spiro atoms. The first-order valence-electron chi connectivity index (χ1n) is 6.07. The summed E-state index contributed by atoms with van der Waals surface area (Å²) in [5, 5.41) is 9.06. The van der Waals surface area contributed by atoms with Crippen LogP contribution in [0.3, 0.4) is 0 Å². The Morgan fingerprint density at radius 1 is 1.44 bits per heavy atom. The van der Waals surface area contributed by atoms with Crippen molar-refractivity contribution in [2.24, 2.45) is 0 Å². The van der Waals surface area contributed by atoms with E-state index in [1.54, 1.807) is 7.11 Å². The van der Waals surface area contributed by atoms with Gasteiger partial charge >= 0.3 is 6.03 Å². The van der Waals surface area contributed by atoms with E-state index in [0.29, 0.717) is 19.2 Å². The summed E-state index contributed by atoms with van der Waals surface area (Å²) in [6, 6.07) is 0.363. The van der Waals surface area contributed by atoms with Crippen molar-refractivity contribution >= 4 is 6.03 Å². The lowest BCUT2D eigenvalue weighted by Crippen LogP contribution is -2.46. The van der Waals surface area contributed by atoms with Crippen LogP contribution in [0.2, 0.25) is 0 Å². The molecule has 1 rings (SSSR count). The summed E-state index contributed by atoms with van der Waals surface area (Å²) in [6.45, 7) is 3.14. The maximum Gasteiger partial charge on any atom is 0.314 e. The van der Waals surface area contributed by atoms with Crippen molar-refractivity contribution in [3.05, 3.63) is 0 Å². The minimum atomic E-state index is -0.0801. The van der Waals surface area contributed by atoms with Gasteiger partial charge < -0.3 is 20.7 Å². The molecular weight excluding hydrogens is 206 g/mol. The molecule has 94 valence electrons. The highest BCUT2D eigenvalue weighted by molar-refractivity contribution is 5.73. The second kappa shape index (κ2) is 8.35. The van der Waals surface area contributed by atoms with Crippen molar-refractivity contribution in [2.75, 3.05) is 33.4 Å². The van der Waals surface area contributed by atoms with Gasteiger partial charge in [0.15, 0.2) is 0 Å². The molecule has 1 aliphatic heterocycles. The highest BCUT2D eigenvalue weighted by Crippen LogP contribution is 2.05.